The van der Waals surface area contributed by atoms with E-state index in [4.69, 9.17) is 0 Å². The van der Waals surface area contributed by atoms with Gasteiger partial charge in [0.15, 0.2) is 0 Å². The van der Waals surface area contributed by atoms with Gasteiger partial charge in [-0.1, -0.05) is 170 Å². The summed E-state index contributed by atoms with van der Waals surface area (Å²) < 4.78 is 5.04. The molecule has 286 valence electrons. The fraction of sp³-hybridized carbons (Fsp3) is 0. The van der Waals surface area contributed by atoms with Crippen molar-refractivity contribution in [2.75, 3.05) is 4.90 Å². The first kappa shape index (κ1) is 35.2. The second-order valence-electron chi connectivity index (χ2n) is 15.7. The lowest BCUT2D eigenvalue weighted by molar-refractivity contribution is 1.20. The van der Waals surface area contributed by atoms with E-state index in [1.165, 1.54) is 91.8 Å². The second-order valence-corrected chi connectivity index (χ2v) is 16.8. The number of fused-ring (bicyclic) bond motifs is 7. The maximum atomic E-state index is 2.44. The van der Waals surface area contributed by atoms with Crippen LogP contribution in [-0.2, 0) is 0 Å². The number of rotatable bonds is 7. The summed E-state index contributed by atoms with van der Waals surface area (Å²) >= 11 is 1.86. The van der Waals surface area contributed by atoms with Crippen molar-refractivity contribution in [2.24, 2.45) is 0 Å². The van der Waals surface area contributed by atoms with Gasteiger partial charge in [0.2, 0.25) is 0 Å². The van der Waals surface area contributed by atoms with Crippen molar-refractivity contribution in [3.05, 3.63) is 231 Å². The van der Waals surface area contributed by atoms with Crippen LogP contribution in [0.1, 0.15) is 0 Å². The molecule has 0 fully saturated rings. The summed E-state index contributed by atoms with van der Waals surface area (Å²) in [4.78, 5) is 2.39. The molecular formula is C58H38N2S. The second kappa shape index (κ2) is 14.5. The van der Waals surface area contributed by atoms with E-state index in [1.54, 1.807) is 0 Å². The molecule has 0 spiro atoms. The molecule has 0 amide bonds. The van der Waals surface area contributed by atoms with Crippen LogP contribution in [0.25, 0.3) is 91.8 Å². The van der Waals surface area contributed by atoms with E-state index in [0.29, 0.717) is 0 Å². The first-order valence-corrected chi connectivity index (χ1v) is 21.6. The number of para-hydroxylation sites is 1. The van der Waals surface area contributed by atoms with Gasteiger partial charge in [-0.3, -0.25) is 0 Å². The molecule has 3 heteroatoms. The summed E-state index contributed by atoms with van der Waals surface area (Å²) in [5.41, 5.74) is 14.1. The minimum absolute atomic E-state index is 1.11. The van der Waals surface area contributed by atoms with Crippen LogP contribution < -0.4 is 4.90 Å². The first-order chi connectivity index (χ1) is 30.2. The van der Waals surface area contributed by atoms with Crippen molar-refractivity contribution in [2.45, 2.75) is 0 Å². The van der Waals surface area contributed by atoms with Crippen LogP contribution in [-0.4, -0.2) is 4.57 Å². The molecule has 12 rings (SSSR count). The molecule has 61 heavy (non-hydrogen) atoms. The third-order valence-corrected chi connectivity index (χ3v) is 13.3. The standard InChI is InChI=1S/C58H38N2S/c1-2-12-39(13-3-1)40-28-31-46(32-29-40)59(48-33-35-53-52-20-7-9-23-57(52)61-58(53)38-48)47-17-10-16-44(36-47)41-24-26-42(27-25-41)45-30-34-51-50-19-6-8-21-55(50)60(56(51)37-45)54-22-11-15-43-14-4-5-18-49(43)54/h1-38H. The Bertz CT molecular complexity index is 3570. The number of nitrogens with zero attached hydrogens (tertiary/aromatic N) is 2. The average Bonchev–Trinajstić information content (AvgIpc) is 3.87. The largest absolute Gasteiger partial charge is 0.310 e. The zero-order valence-corrected chi connectivity index (χ0v) is 34.1. The molecule has 2 heterocycles. The van der Waals surface area contributed by atoms with Gasteiger partial charge in [-0.15, -0.1) is 11.3 Å². The van der Waals surface area contributed by atoms with Gasteiger partial charge in [0.25, 0.3) is 0 Å². The van der Waals surface area contributed by atoms with Crippen LogP contribution in [0, 0.1) is 0 Å². The molecule has 0 saturated carbocycles. The molecule has 0 aliphatic carbocycles. The molecular weight excluding hydrogens is 757 g/mol. The van der Waals surface area contributed by atoms with Crippen molar-refractivity contribution in [1.29, 1.82) is 0 Å². The zero-order valence-electron chi connectivity index (χ0n) is 33.2. The van der Waals surface area contributed by atoms with Crippen LogP contribution in [0.15, 0.2) is 231 Å². The SMILES string of the molecule is c1ccc(-c2ccc(N(c3cccc(-c4ccc(-c5ccc6c7ccccc7n(-c7cccc8ccccc78)c6c5)cc4)c3)c3ccc4c(c3)sc3ccccc34)cc2)cc1. The number of hydrogen-bond acceptors (Lipinski definition) is 2. The van der Waals surface area contributed by atoms with Crippen molar-refractivity contribution in [3.63, 3.8) is 0 Å². The number of aromatic nitrogens is 1. The van der Waals surface area contributed by atoms with Crippen molar-refractivity contribution < 1.29 is 0 Å². The monoisotopic (exact) mass is 794 g/mol. The average molecular weight is 795 g/mol. The zero-order chi connectivity index (χ0) is 40.3. The quantitative estimate of drug-likeness (QED) is 0.156. The number of anilines is 3. The Kier molecular flexibility index (Phi) is 8.39. The Morgan fingerprint density at radius 1 is 0.295 bits per heavy atom. The van der Waals surface area contributed by atoms with Gasteiger partial charge in [-0.2, -0.15) is 0 Å². The van der Waals surface area contributed by atoms with Crippen molar-refractivity contribution >= 4 is 81.1 Å². The summed E-state index contributed by atoms with van der Waals surface area (Å²) in [6.45, 7) is 0. The lowest BCUT2D eigenvalue weighted by Gasteiger charge is -2.26. The molecule has 12 aromatic rings. The van der Waals surface area contributed by atoms with Crippen LogP contribution in [0.5, 0.6) is 0 Å². The molecule has 10 aromatic carbocycles. The van der Waals surface area contributed by atoms with E-state index < -0.39 is 0 Å². The van der Waals surface area contributed by atoms with Gasteiger partial charge in [-0.05, 0) is 99.4 Å². The van der Waals surface area contributed by atoms with Gasteiger partial charge in [-0.25, -0.2) is 0 Å². The van der Waals surface area contributed by atoms with E-state index in [1.807, 2.05) is 11.3 Å². The van der Waals surface area contributed by atoms with E-state index in [2.05, 4.69) is 240 Å². The third kappa shape index (κ3) is 6.09. The number of thiophene rings is 1. The molecule has 0 saturated heterocycles. The third-order valence-electron chi connectivity index (χ3n) is 12.2. The molecule has 0 N–H and O–H groups in total. The highest BCUT2D eigenvalue weighted by molar-refractivity contribution is 7.25. The Hall–Kier alpha value is -7.72. The molecule has 2 aromatic heterocycles. The summed E-state index contributed by atoms with van der Waals surface area (Å²) in [6.07, 6.45) is 0. The lowest BCUT2D eigenvalue weighted by atomic mass is 9.98. The van der Waals surface area contributed by atoms with E-state index in [-0.39, 0.29) is 0 Å². The van der Waals surface area contributed by atoms with Gasteiger partial charge in [0, 0.05) is 53.4 Å². The molecule has 0 bridgehead atoms. The van der Waals surface area contributed by atoms with Gasteiger partial charge < -0.3 is 9.47 Å². The highest BCUT2D eigenvalue weighted by Gasteiger charge is 2.18. The predicted octanol–water partition coefficient (Wildman–Crippen LogP) is 16.8. The fourth-order valence-corrected chi connectivity index (χ4v) is 10.4. The molecule has 0 radical (unpaired) electrons. The van der Waals surface area contributed by atoms with Gasteiger partial charge >= 0.3 is 0 Å². The fourth-order valence-electron chi connectivity index (χ4n) is 9.23. The molecule has 0 aliphatic heterocycles. The van der Waals surface area contributed by atoms with Crippen molar-refractivity contribution in [3.8, 4) is 39.1 Å². The van der Waals surface area contributed by atoms with Gasteiger partial charge in [0.1, 0.15) is 0 Å². The Balaban J connectivity index is 0.929. The summed E-state index contributed by atoms with van der Waals surface area (Å²) in [6, 6.07) is 84.2. The minimum Gasteiger partial charge on any atom is -0.310 e. The molecule has 0 unspecified atom stereocenters. The van der Waals surface area contributed by atoms with Crippen LogP contribution in [0.3, 0.4) is 0 Å². The van der Waals surface area contributed by atoms with Crippen LogP contribution in [0.2, 0.25) is 0 Å². The molecule has 2 nitrogen and oxygen atoms in total. The van der Waals surface area contributed by atoms with Crippen LogP contribution in [0.4, 0.5) is 17.1 Å². The summed E-state index contributed by atoms with van der Waals surface area (Å²) in [5, 5.41) is 7.61. The van der Waals surface area contributed by atoms with E-state index in [0.717, 1.165) is 17.1 Å². The smallest absolute Gasteiger partial charge is 0.0547 e. The Morgan fingerprint density at radius 2 is 0.820 bits per heavy atom. The number of benzene rings is 10. The van der Waals surface area contributed by atoms with Crippen molar-refractivity contribution in [1.82, 2.24) is 4.57 Å². The highest BCUT2D eigenvalue weighted by Crippen LogP contribution is 2.42. The van der Waals surface area contributed by atoms with Gasteiger partial charge in [0.05, 0.1) is 16.7 Å². The first-order valence-electron chi connectivity index (χ1n) is 20.8. The maximum Gasteiger partial charge on any atom is 0.0547 e. The van der Waals surface area contributed by atoms with E-state index in [9.17, 15) is 0 Å². The number of hydrogen-bond donors (Lipinski definition) is 0. The Labute approximate surface area is 358 Å². The summed E-state index contributed by atoms with van der Waals surface area (Å²) in [7, 11) is 0. The summed E-state index contributed by atoms with van der Waals surface area (Å²) in [5.74, 6) is 0. The Morgan fingerprint density at radius 3 is 1.66 bits per heavy atom. The predicted molar refractivity (Wildman–Crippen MR) is 262 cm³/mol. The lowest BCUT2D eigenvalue weighted by Crippen LogP contribution is -2.09. The van der Waals surface area contributed by atoms with Crippen LogP contribution >= 0.6 is 11.3 Å². The normalized spacial score (nSPS) is 11.6. The topological polar surface area (TPSA) is 8.17 Å². The van der Waals surface area contributed by atoms with E-state index >= 15 is 0 Å². The minimum atomic E-state index is 1.11. The highest BCUT2D eigenvalue weighted by atomic mass is 32.1. The molecule has 0 aliphatic rings. The molecule has 0 atom stereocenters. The maximum absolute atomic E-state index is 2.44.